The fourth-order valence-corrected chi connectivity index (χ4v) is 6.31. The molecule has 0 aliphatic heterocycles. The Balaban J connectivity index is 1.22. The largest absolute Gasteiger partial charge is 0.344 e. The summed E-state index contributed by atoms with van der Waals surface area (Å²) in [7, 11) is 2.13. The maximum absolute atomic E-state index is 6.91. The highest BCUT2D eigenvalue weighted by Crippen LogP contribution is 2.50. The van der Waals surface area contributed by atoms with Crippen LogP contribution in [0, 0.1) is 0 Å². The van der Waals surface area contributed by atoms with Crippen molar-refractivity contribution in [3.63, 3.8) is 0 Å². The summed E-state index contributed by atoms with van der Waals surface area (Å²) in [6.07, 6.45) is 0. The maximum atomic E-state index is 6.91. The molecule has 0 N–H and O–H groups in total. The van der Waals surface area contributed by atoms with Crippen molar-refractivity contribution in [1.29, 1.82) is 0 Å². The molecule has 1 aliphatic carbocycles. The van der Waals surface area contributed by atoms with Crippen LogP contribution in [0.1, 0.15) is 25.0 Å². The van der Waals surface area contributed by atoms with Crippen LogP contribution in [-0.4, -0.2) is 4.57 Å². The van der Waals surface area contributed by atoms with E-state index < -0.39 is 0 Å². The summed E-state index contributed by atoms with van der Waals surface area (Å²) in [5.41, 5.74) is 12.1. The van der Waals surface area contributed by atoms with Gasteiger partial charge in [-0.3, -0.25) is 4.42 Å². The van der Waals surface area contributed by atoms with Crippen LogP contribution in [0.2, 0.25) is 0 Å². The Kier molecular flexibility index (Phi) is 4.80. The minimum absolute atomic E-state index is 0.0518. The second kappa shape index (κ2) is 7.99. The molecule has 7 rings (SSSR count). The first-order valence-corrected chi connectivity index (χ1v) is 13.1. The summed E-state index contributed by atoms with van der Waals surface area (Å²) in [6.45, 7) is 4.59. The van der Waals surface area contributed by atoms with Gasteiger partial charge in [-0.05, 0) is 75.8 Å². The van der Waals surface area contributed by atoms with Crippen molar-refractivity contribution in [1.82, 2.24) is 4.57 Å². The number of anilines is 2. The summed E-state index contributed by atoms with van der Waals surface area (Å²) in [4.78, 5) is 0. The summed E-state index contributed by atoms with van der Waals surface area (Å²) in [5.74, 6) is 0. The molecule has 0 fully saturated rings. The molecule has 0 saturated heterocycles. The van der Waals surface area contributed by atoms with Crippen LogP contribution in [0.3, 0.4) is 0 Å². The van der Waals surface area contributed by atoms with E-state index in [1.54, 1.807) is 4.42 Å². The third kappa shape index (κ3) is 3.26. The van der Waals surface area contributed by atoms with E-state index in [1.165, 1.54) is 55.2 Å². The predicted octanol–water partition coefficient (Wildman–Crippen LogP) is 9.60. The number of aryl methyl sites for hydroxylation is 1. The van der Waals surface area contributed by atoms with Crippen LogP contribution in [0.4, 0.5) is 11.4 Å². The van der Waals surface area contributed by atoms with E-state index in [0.29, 0.717) is 0 Å². The van der Waals surface area contributed by atoms with E-state index >= 15 is 0 Å². The smallest absolute Gasteiger partial charge is 0.0584 e. The average Bonchev–Trinajstić information content (AvgIpc) is 3.36. The van der Waals surface area contributed by atoms with Crippen molar-refractivity contribution in [3.8, 4) is 22.3 Å². The van der Waals surface area contributed by atoms with Crippen LogP contribution < -0.4 is 4.42 Å². The van der Waals surface area contributed by atoms with Crippen molar-refractivity contribution in [3.05, 3.63) is 120 Å². The monoisotopic (exact) mass is 498 g/mol. The lowest BCUT2D eigenvalue weighted by Gasteiger charge is -2.23. The molecule has 0 atom stereocenters. The number of para-hydroxylation sites is 1. The Hall–Kier alpha value is -4.01. The molecule has 3 heteroatoms. The van der Waals surface area contributed by atoms with Crippen LogP contribution in [0.5, 0.6) is 0 Å². The van der Waals surface area contributed by atoms with Gasteiger partial charge in [-0.15, -0.1) is 0 Å². The molecule has 37 heavy (non-hydrogen) atoms. The highest BCUT2D eigenvalue weighted by molar-refractivity contribution is 6.29. The number of rotatable bonds is 3. The zero-order valence-corrected chi connectivity index (χ0v) is 21.9. The maximum Gasteiger partial charge on any atom is 0.0584 e. The number of hydrogen-bond acceptors (Lipinski definition) is 1. The van der Waals surface area contributed by atoms with Crippen LogP contribution in [0.25, 0.3) is 44.1 Å². The normalized spacial score (nSPS) is 13.6. The van der Waals surface area contributed by atoms with Gasteiger partial charge in [-0.25, -0.2) is 0 Å². The third-order valence-corrected chi connectivity index (χ3v) is 8.52. The molecule has 0 bridgehead atoms. The number of nitrogens with zero attached hydrogens (tertiary/aromatic N) is 2. The SMILES string of the molecule is Cn1c2ccccc2c2cc(-c3ccc(N(Cl)c4ccc5c(c4)C(C)(C)c4ccccc4-5)cc3)ccc21. The van der Waals surface area contributed by atoms with Gasteiger partial charge in [0.25, 0.3) is 0 Å². The molecule has 0 radical (unpaired) electrons. The van der Waals surface area contributed by atoms with Gasteiger partial charge in [0.2, 0.25) is 0 Å². The summed E-state index contributed by atoms with van der Waals surface area (Å²) in [5, 5.41) is 2.56. The Bertz CT molecular complexity index is 1830. The van der Waals surface area contributed by atoms with Crippen LogP contribution in [-0.2, 0) is 12.5 Å². The molecule has 6 aromatic rings. The van der Waals surface area contributed by atoms with Crippen LogP contribution in [0.15, 0.2) is 109 Å². The standard InChI is InChI=1S/C34H27ClN2/c1-34(2)30-10-6-4-8-26(30)27-18-17-25(21-31(27)34)37(35)24-15-12-22(13-16-24)23-14-19-33-29(20-23)28-9-5-7-11-32(28)36(33)3/h4-21H,1-3H3. The van der Waals surface area contributed by atoms with E-state index in [4.69, 9.17) is 11.8 Å². The van der Waals surface area contributed by atoms with E-state index in [-0.39, 0.29) is 5.41 Å². The molecule has 0 spiro atoms. The fourth-order valence-electron chi connectivity index (χ4n) is 6.10. The van der Waals surface area contributed by atoms with Gasteiger partial charge in [0, 0.05) is 46.0 Å². The van der Waals surface area contributed by atoms with Gasteiger partial charge in [-0.2, -0.15) is 0 Å². The van der Waals surface area contributed by atoms with E-state index in [2.05, 4.69) is 135 Å². The third-order valence-electron chi connectivity index (χ3n) is 8.13. The van der Waals surface area contributed by atoms with E-state index in [0.717, 1.165) is 11.4 Å². The number of hydrogen-bond donors (Lipinski definition) is 0. The fraction of sp³-hybridized carbons (Fsp3) is 0.118. The molecule has 0 unspecified atom stereocenters. The topological polar surface area (TPSA) is 8.17 Å². The quantitative estimate of drug-likeness (QED) is 0.220. The number of aromatic nitrogens is 1. The van der Waals surface area contributed by atoms with E-state index in [9.17, 15) is 0 Å². The number of fused-ring (bicyclic) bond motifs is 6. The van der Waals surface area contributed by atoms with Gasteiger partial charge in [-0.1, -0.05) is 80.6 Å². The highest BCUT2D eigenvalue weighted by Gasteiger charge is 2.35. The van der Waals surface area contributed by atoms with Gasteiger partial charge < -0.3 is 4.57 Å². The molecule has 0 amide bonds. The number of halogens is 1. The van der Waals surface area contributed by atoms with Gasteiger partial charge in [0.1, 0.15) is 0 Å². The minimum atomic E-state index is -0.0518. The Morgan fingerprint density at radius 1 is 0.595 bits per heavy atom. The lowest BCUT2D eigenvalue weighted by molar-refractivity contribution is 0.660. The summed E-state index contributed by atoms with van der Waals surface area (Å²) in [6, 6.07) is 39.1. The zero-order valence-electron chi connectivity index (χ0n) is 21.2. The molecular formula is C34H27ClN2. The van der Waals surface area contributed by atoms with Crippen molar-refractivity contribution in [2.24, 2.45) is 7.05 Å². The molecule has 2 nitrogen and oxygen atoms in total. The molecule has 1 aromatic heterocycles. The highest BCUT2D eigenvalue weighted by atomic mass is 35.5. The molecular weight excluding hydrogens is 472 g/mol. The Morgan fingerprint density at radius 3 is 2.08 bits per heavy atom. The second-order valence-electron chi connectivity index (χ2n) is 10.5. The Labute approximate surface area is 222 Å². The summed E-state index contributed by atoms with van der Waals surface area (Å²) >= 11 is 6.91. The van der Waals surface area contributed by atoms with Crippen molar-refractivity contribution >= 4 is 45.0 Å². The lowest BCUT2D eigenvalue weighted by Crippen LogP contribution is -2.15. The molecule has 0 saturated carbocycles. The Morgan fingerprint density at radius 2 is 1.24 bits per heavy atom. The molecule has 5 aromatic carbocycles. The van der Waals surface area contributed by atoms with Gasteiger partial charge in [0.15, 0.2) is 0 Å². The van der Waals surface area contributed by atoms with E-state index in [1.807, 2.05) is 0 Å². The average molecular weight is 499 g/mol. The first kappa shape index (κ1) is 22.2. The van der Waals surface area contributed by atoms with Crippen LogP contribution >= 0.6 is 11.8 Å². The van der Waals surface area contributed by atoms with Gasteiger partial charge in [0.05, 0.1) is 11.4 Å². The minimum Gasteiger partial charge on any atom is -0.344 e. The van der Waals surface area contributed by atoms with Gasteiger partial charge >= 0.3 is 0 Å². The van der Waals surface area contributed by atoms with Crippen molar-refractivity contribution in [2.45, 2.75) is 19.3 Å². The summed E-state index contributed by atoms with van der Waals surface area (Å²) < 4.78 is 4.02. The second-order valence-corrected chi connectivity index (χ2v) is 10.9. The predicted molar refractivity (Wildman–Crippen MR) is 158 cm³/mol. The van der Waals surface area contributed by atoms with Crippen molar-refractivity contribution < 1.29 is 0 Å². The first-order chi connectivity index (χ1) is 17.9. The molecule has 180 valence electrons. The zero-order chi connectivity index (χ0) is 25.3. The first-order valence-electron chi connectivity index (χ1n) is 12.7. The van der Waals surface area contributed by atoms with Crippen molar-refractivity contribution in [2.75, 3.05) is 4.42 Å². The lowest BCUT2D eigenvalue weighted by atomic mass is 9.82. The number of benzene rings is 5. The molecule has 1 aliphatic rings. The molecule has 1 heterocycles.